The second-order valence-corrected chi connectivity index (χ2v) is 10.2. The zero-order chi connectivity index (χ0) is 20.5. The molecule has 146 valence electrons. The van der Waals surface area contributed by atoms with Gasteiger partial charge in [-0.3, -0.25) is 0 Å². The number of ether oxygens (including phenoxy) is 1. The number of aromatic nitrogens is 1. The lowest BCUT2D eigenvalue weighted by molar-refractivity contribution is 0.0526. The van der Waals surface area contributed by atoms with Crippen LogP contribution in [0.1, 0.15) is 73.8 Å². The predicted octanol–water partition coefficient (Wildman–Crippen LogP) is 5.52. The normalized spacial score (nSPS) is 16.5. The zero-order valence-electron chi connectivity index (χ0n) is 17.5. The average Bonchev–Trinajstić information content (AvgIpc) is 2.59. The summed E-state index contributed by atoms with van der Waals surface area (Å²) >= 11 is 1.96. The summed E-state index contributed by atoms with van der Waals surface area (Å²) < 4.78 is 5.22. The number of aryl methyl sites for hydroxylation is 1. The Balaban J connectivity index is 1.90. The molecule has 2 aromatic rings. The third-order valence-electron chi connectivity index (χ3n) is 4.91. The van der Waals surface area contributed by atoms with Gasteiger partial charge in [-0.15, -0.1) is 11.8 Å². The van der Waals surface area contributed by atoms with Crippen LogP contribution in [0.15, 0.2) is 35.4 Å². The average molecular weight is 394 g/mol. The summed E-state index contributed by atoms with van der Waals surface area (Å²) in [7, 11) is 0. The number of fused-ring (bicyclic) bond motifs is 1. The van der Waals surface area contributed by atoms with Crippen molar-refractivity contribution in [3.63, 3.8) is 0 Å². The van der Waals surface area contributed by atoms with E-state index in [2.05, 4.69) is 63.6 Å². The quantitative estimate of drug-likeness (QED) is 0.497. The molecular formula is C24H27NO2S. The summed E-state index contributed by atoms with van der Waals surface area (Å²) in [5, 5.41) is 0. The van der Waals surface area contributed by atoms with Gasteiger partial charge in [0.2, 0.25) is 0 Å². The summed E-state index contributed by atoms with van der Waals surface area (Å²) in [6, 6.07) is 7.97. The Morgan fingerprint density at radius 2 is 1.96 bits per heavy atom. The van der Waals surface area contributed by atoms with Crippen LogP contribution in [0.25, 0.3) is 0 Å². The second kappa shape index (κ2) is 7.64. The van der Waals surface area contributed by atoms with Crippen molar-refractivity contribution in [2.75, 3.05) is 6.61 Å². The van der Waals surface area contributed by atoms with Crippen LogP contribution in [0, 0.1) is 18.8 Å². The Hall–Kier alpha value is -2.25. The highest BCUT2D eigenvalue weighted by Gasteiger charge is 2.38. The minimum absolute atomic E-state index is 0.119. The topological polar surface area (TPSA) is 39.2 Å². The maximum Gasteiger partial charge on any atom is 0.339 e. The third-order valence-corrected chi connectivity index (χ3v) is 6.16. The van der Waals surface area contributed by atoms with Crippen LogP contribution in [0.5, 0.6) is 0 Å². The molecule has 0 spiro atoms. The molecule has 0 unspecified atom stereocenters. The molecule has 0 aliphatic carbocycles. The highest BCUT2D eigenvalue weighted by molar-refractivity contribution is 8.00. The predicted molar refractivity (Wildman–Crippen MR) is 115 cm³/mol. The second-order valence-electron chi connectivity index (χ2n) is 8.49. The lowest BCUT2D eigenvalue weighted by Crippen LogP contribution is -2.33. The van der Waals surface area contributed by atoms with E-state index >= 15 is 0 Å². The van der Waals surface area contributed by atoms with Gasteiger partial charge >= 0.3 is 5.97 Å². The molecule has 2 heterocycles. The molecule has 0 saturated carbocycles. The fraction of sp³-hybridized carbons (Fsp3) is 0.417. The van der Waals surface area contributed by atoms with E-state index in [0.717, 1.165) is 12.0 Å². The van der Waals surface area contributed by atoms with Crippen LogP contribution in [-0.4, -0.2) is 22.3 Å². The first kappa shape index (κ1) is 20.5. The Labute approximate surface area is 172 Å². The molecule has 0 radical (unpaired) electrons. The molecule has 3 rings (SSSR count). The molecule has 0 atom stereocenters. The highest BCUT2D eigenvalue weighted by Crippen LogP contribution is 2.51. The van der Waals surface area contributed by atoms with Gasteiger partial charge in [-0.05, 0) is 67.0 Å². The number of hydrogen-bond donors (Lipinski definition) is 0. The van der Waals surface area contributed by atoms with Gasteiger partial charge in [-0.1, -0.05) is 33.6 Å². The number of benzene rings is 1. The van der Waals surface area contributed by atoms with Crippen molar-refractivity contribution in [3.8, 4) is 11.8 Å². The maximum atomic E-state index is 11.7. The van der Waals surface area contributed by atoms with Crippen LogP contribution < -0.4 is 0 Å². The molecular weight excluding hydrogens is 366 g/mol. The van der Waals surface area contributed by atoms with Crippen LogP contribution in [-0.2, 0) is 10.2 Å². The molecule has 0 N–H and O–H groups in total. The molecule has 3 nitrogen and oxygen atoms in total. The summed E-state index contributed by atoms with van der Waals surface area (Å²) in [5.41, 5.74) is 4.78. The van der Waals surface area contributed by atoms with Gasteiger partial charge in [0.15, 0.2) is 0 Å². The number of pyridine rings is 1. The molecule has 0 bridgehead atoms. The number of carbonyl (C=O) groups is 1. The van der Waals surface area contributed by atoms with E-state index in [4.69, 9.17) is 4.74 Å². The van der Waals surface area contributed by atoms with E-state index in [1.165, 1.54) is 22.2 Å². The largest absolute Gasteiger partial charge is 0.462 e. The highest BCUT2D eigenvalue weighted by atomic mass is 32.2. The molecule has 1 aliphatic rings. The monoisotopic (exact) mass is 393 g/mol. The van der Waals surface area contributed by atoms with Crippen LogP contribution >= 0.6 is 11.8 Å². The first-order chi connectivity index (χ1) is 13.1. The smallest absolute Gasteiger partial charge is 0.339 e. The van der Waals surface area contributed by atoms with Gasteiger partial charge in [0.1, 0.15) is 5.69 Å². The first-order valence-electron chi connectivity index (χ1n) is 9.61. The van der Waals surface area contributed by atoms with Crippen molar-refractivity contribution in [2.45, 2.75) is 63.0 Å². The SMILES string of the molecule is CCOC(=O)c1ccc(C#Cc2cc3c(cc2C)SC(C)(C)CC3(C)C)nc1. The van der Waals surface area contributed by atoms with Crippen molar-refractivity contribution >= 4 is 17.7 Å². The Morgan fingerprint density at radius 1 is 1.21 bits per heavy atom. The molecule has 4 heteroatoms. The van der Waals surface area contributed by atoms with Gasteiger partial charge in [0, 0.05) is 21.4 Å². The fourth-order valence-electron chi connectivity index (χ4n) is 3.86. The molecule has 0 amide bonds. The number of hydrogen-bond acceptors (Lipinski definition) is 4. The number of nitrogens with zero attached hydrogens (tertiary/aromatic N) is 1. The third kappa shape index (κ3) is 4.42. The first-order valence-corrected chi connectivity index (χ1v) is 10.4. The standard InChI is InChI=1S/C24H27NO2S/c1-7-27-22(26)18-9-11-19(25-14-18)10-8-17-13-20-21(12-16(17)2)28-24(5,6)15-23(20,3)4/h9,11-14H,7,15H2,1-6H3. The van der Waals surface area contributed by atoms with E-state index in [-0.39, 0.29) is 16.1 Å². The fourth-order valence-corrected chi connectivity index (χ4v) is 5.57. The van der Waals surface area contributed by atoms with E-state index in [1.807, 2.05) is 11.8 Å². The molecule has 1 aromatic carbocycles. The molecule has 1 aliphatic heterocycles. The zero-order valence-corrected chi connectivity index (χ0v) is 18.3. The summed E-state index contributed by atoms with van der Waals surface area (Å²) in [5.74, 6) is 6.05. The van der Waals surface area contributed by atoms with Gasteiger partial charge in [0.05, 0.1) is 12.2 Å². The summed E-state index contributed by atoms with van der Waals surface area (Å²) in [6.45, 7) is 13.5. The number of rotatable bonds is 2. The Bertz CT molecular complexity index is 963. The lowest BCUT2D eigenvalue weighted by Gasteiger charge is -2.42. The van der Waals surface area contributed by atoms with E-state index in [0.29, 0.717) is 17.9 Å². The van der Waals surface area contributed by atoms with Crippen molar-refractivity contribution in [1.82, 2.24) is 4.98 Å². The van der Waals surface area contributed by atoms with Crippen molar-refractivity contribution in [2.24, 2.45) is 0 Å². The maximum absolute atomic E-state index is 11.7. The number of esters is 1. The van der Waals surface area contributed by atoms with Gasteiger partial charge in [-0.25, -0.2) is 9.78 Å². The minimum atomic E-state index is -0.359. The molecule has 1 aromatic heterocycles. The van der Waals surface area contributed by atoms with Gasteiger partial charge in [0.25, 0.3) is 0 Å². The van der Waals surface area contributed by atoms with Crippen LogP contribution in [0.3, 0.4) is 0 Å². The van der Waals surface area contributed by atoms with Crippen molar-refractivity contribution in [1.29, 1.82) is 0 Å². The van der Waals surface area contributed by atoms with Gasteiger partial charge < -0.3 is 4.74 Å². The van der Waals surface area contributed by atoms with Crippen molar-refractivity contribution < 1.29 is 9.53 Å². The van der Waals surface area contributed by atoms with E-state index in [9.17, 15) is 4.79 Å². The van der Waals surface area contributed by atoms with Gasteiger partial charge in [-0.2, -0.15) is 0 Å². The van der Waals surface area contributed by atoms with E-state index < -0.39 is 0 Å². The van der Waals surface area contributed by atoms with Crippen molar-refractivity contribution in [3.05, 3.63) is 58.4 Å². The van der Waals surface area contributed by atoms with Crippen LogP contribution in [0.2, 0.25) is 0 Å². The summed E-state index contributed by atoms with van der Waals surface area (Å²) in [6.07, 6.45) is 2.65. The number of carbonyl (C=O) groups excluding carboxylic acids is 1. The van der Waals surface area contributed by atoms with Crippen LogP contribution in [0.4, 0.5) is 0 Å². The van der Waals surface area contributed by atoms with E-state index in [1.54, 1.807) is 19.1 Å². The Morgan fingerprint density at radius 3 is 2.61 bits per heavy atom. The lowest BCUT2D eigenvalue weighted by atomic mass is 9.76. The molecule has 28 heavy (non-hydrogen) atoms. The number of thioether (sulfide) groups is 1. The molecule has 0 saturated heterocycles. The Kier molecular flexibility index (Phi) is 5.59. The molecule has 0 fully saturated rings. The summed E-state index contributed by atoms with van der Waals surface area (Å²) in [4.78, 5) is 17.4. The minimum Gasteiger partial charge on any atom is -0.462 e.